The van der Waals surface area contributed by atoms with Crippen LogP contribution in [0.25, 0.3) is 5.76 Å². The molecule has 0 spiro atoms. The Morgan fingerprint density at radius 2 is 1.92 bits per heavy atom. The van der Waals surface area contributed by atoms with E-state index in [4.69, 9.17) is 11.5 Å². The van der Waals surface area contributed by atoms with Gasteiger partial charge in [-0.25, -0.2) is 4.39 Å². The number of carbonyl (C=O) groups is 4. The van der Waals surface area contributed by atoms with Gasteiger partial charge in [-0.2, -0.15) is 0 Å². The Labute approximate surface area is 210 Å². The van der Waals surface area contributed by atoms with Crippen LogP contribution < -0.4 is 16.8 Å². The molecular weight excluding hydrogens is 491 g/mol. The predicted octanol–water partition coefficient (Wildman–Crippen LogP) is -0.610. The maximum Gasteiger partial charge on any atom is 0.255 e. The number of primary amides is 1. The minimum Gasteiger partial charge on any atom is -0.508 e. The number of carbonyl (C=O) groups excluding carboxylic acids is 4. The number of fused-ring (bicyclic) bond motifs is 3. The normalized spacial score (nSPS) is 27.1. The van der Waals surface area contributed by atoms with Gasteiger partial charge in [-0.1, -0.05) is 6.92 Å². The number of hydrogen-bond acceptors (Lipinski definition) is 10. The quantitative estimate of drug-likeness (QED) is 0.194. The number of amides is 2. The van der Waals surface area contributed by atoms with Crippen molar-refractivity contribution >= 4 is 34.8 Å². The SMILES string of the molecule is CCN(C)CC(=O)Nc1cc(F)c2c(c1O)C(O)=C1C(=O)[C@]3(O)C(O)=C(C(N)=O)C(=O)[C@@H](N)[C@@H]3C[C@@H]1C2. The first-order chi connectivity index (χ1) is 17.2. The van der Waals surface area contributed by atoms with Gasteiger partial charge in [-0.15, -0.1) is 0 Å². The van der Waals surface area contributed by atoms with E-state index in [0.29, 0.717) is 6.54 Å². The molecule has 13 heteroatoms. The Bertz CT molecular complexity index is 1320. The highest BCUT2D eigenvalue weighted by Gasteiger charge is 2.63. The van der Waals surface area contributed by atoms with Gasteiger partial charge in [0.1, 0.15) is 22.9 Å². The summed E-state index contributed by atoms with van der Waals surface area (Å²) < 4.78 is 15.2. The van der Waals surface area contributed by atoms with Crippen LogP contribution in [0, 0.1) is 17.7 Å². The average Bonchev–Trinajstić information content (AvgIpc) is 2.82. The van der Waals surface area contributed by atoms with Gasteiger partial charge in [0, 0.05) is 23.1 Å². The standard InChI is InChI=1S/C24H27FN4O8/c1-3-29(2)7-13(30)28-12-6-11(25)9-4-8-5-10-17(26)20(33)16(23(27)36)22(35)24(10,37)21(34)14(8)19(32)15(9)18(12)31/h6,8,10,17,31-32,35,37H,3-5,7,26H2,1-2H3,(H2,27,36)(H,28,30)/t8-,10-,17-,24-/m0/s1. The van der Waals surface area contributed by atoms with Gasteiger partial charge in [0.05, 0.1) is 23.8 Å². The maximum absolute atomic E-state index is 15.2. The third-order valence-corrected chi connectivity index (χ3v) is 7.42. The van der Waals surface area contributed by atoms with Crippen molar-refractivity contribution in [2.75, 3.05) is 25.5 Å². The van der Waals surface area contributed by atoms with Crippen LogP contribution in [0.4, 0.5) is 10.1 Å². The van der Waals surface area contributed by atoms with Crippen molar-refractivity contribution in [2.24, 2.45) is 23.3 Å². The van der Waals surface area contributed by atoms with Crippen molar-refractivity contribution < 1.29 is 44.0 Å². The summed E-state index contributed by atoms with van der Waals surface area (Å²) in [6.07, 6.45) is -0.473. The predicted molar refractivity (Wildman–Crippen MR) is 127 cm³/mol. The lowest BCUT2D eigenvalue weighted by Crippen LogP contribution is -2.65. The number of anilines is 1. The zero-order valence-corrected chi connectivity index (χ0v) is 20.0. The Morgan fingerprint density at radius 3 is 2.51 bits per heavy atom. The number of rotatable bonds is 5. The molecule has 0 radical (unpaired) electrons. The van der Waals surface area contributed by atoms with Crippen molar-refractivity contribution in [3.05, 3.63) is 39.9 Å². The van der Waals surface area contributed by atoms with Crippen LogP contribution in [-0.4, -0.2) is 80.5 Å². The summed E-state index contributed by atoms with van der Waals surface area (Å²) in [5, 5.41) is 46.2. The van der Waals surface area contributed by atoms with E-state index in [1.165, 1.54) is 0 Å². The summed E-state index contributed by atoms with van der Waals surface area (Å²) in [7, 11) is 1.67. The number of phenols is 1. The zero-order valence-electron chi connectivity index (χ0n) is 20.0. The van der Waals surface area contributed by atoms with Crippen molar-refractivity contribution in [1.82, 2.24) is 4.90 Å². The summed E-state index contributed by atoms with van der Waals surface area (Å²) in [4.78, 5) is 51.8. The molecule has 1 aromatic carbocycles. The molecule has 4 atom stereocenters. The van der Waals surface area contributed by atoms with E-state index in [2.05, 4.69) is 5.32 Å². The van der Waals surface area contributed by atoms with Gasteiger partial charge >= 0.3 is 0 Å². The molecule has 1 saturated carbocycles. The van der Waals surface area contributed by atoms with Crippen LogP contribution >= 0.6 is 0 Å². The number of aliphatic hydroxyl groups is 3. The topological polar surface area (TPSA) is 217 Å². The van der Waals surface area contributed by atoms with Gasteiger partial charge in [-0.05, 0) is 32.4 Å². The highest BCUT2D eigenvalue weighted by molar-refractivity contribution is 6.24. The lowest BCUT2D eigenvalue weighted by molar-refractivity contribution is -0.149. The van der Waals surface area contributed by atoms with Crippen LogP contribution in [0.1, 0.15) is 24.5 Å². The Morgan fingerprint density at radius 1 is 1.27 bits per heavy atom. The molecule has 1 fully saturated rings. The lowest BCUT2D eigenvalue weighted by Gasteiger charge is -2.48. The number of likely N-dealkylation sites (N-methyl/N-ethyl adjacent to an activating group) is 1. The zero-order chi connectivity index (χ0) is 27.6. The molecule has 3 aliphatic rings. The third kappa shape index (κ3) is 3.77. The van der Waals surface area contributed by atoms with Crippen LogP contribution in [-0.2, 0) is 25.6 Å². The van der Waals surface area contributed by atoms with Crippen molar-refractivity contribution in [1.29, 1.82) is 0 Å². The van der Waals surface area contributed by atoms with Crippen LogP contribution in [0.2, 0.25) is 0 Å². The summed E-state index contributed by atoms with van der Waals surface area (Å²) in [6.45, 7) is 2.30. The third-order valence-electron chi connectivity index (χ3n) is 7.42. The molecule has 0 bridgehead atoms. The molecule has 9 N–H and O–H groups in total. The number of nitrogens with one attached hydrogen (secondary N) is 1. The number of aliphatic hydroxyl groups excluding tert-OH is 2. The number of aromatic hydroxyl groups is 1. The summed E-state index contributed by atoms with van der Waals surface area (Å²) in [6, 6.07) is -0.699. The Balaban J connectivity index is 1.84. The molecular formula is C24H27FN4O8. The molecule has 3 aliphatic carbocycles. The second-order valence-corrected chi connectivity index (χ2v) is 9.57. The van der Waals surface area contributed by atoms with Crippen LogP contribution in [0.5, 0.6) is 5.75 Å². The number of halogens is 1. The smallest absolute Gasteiger partial charge is 0.255 e. The van der Waals surface area contributed by atoms with Gasteiger partial charge in [0.25, 0.3) is 5.91 Å². The van der Waals surface area contributed by atoms with Gasteiger partial charge in [0.2, 0.25) is 11.7 Å². The maximum atomic E-state index is 15.2. The minimum atomic E-state index is -2.86. The largest absolute Gasteiger partial charge is 0.508 e. The molecule has 0 heterocycles. The number of benzene rings is 1. The molecule has 0 aromatic heterocycles. The van der Waals surface area contributed by atoms with Gasteiger partial charge in [0.15, 0.2) is 17.1 Å². The molecule has 0 saturated heterocycles. The average molecular weight is 518 g/mol. The van der Waals surface area contributed by atoms with Crippen LogP contribution in [0.15, 0.2) is 23.0 Å². The molecule has 198 valence electrons. The van der Waals surface area contributed by atoms with E-state index in [1.54, 1.807) is 11.9 Å². The minimum absolute atomic E-state index is 0.0660. The highest BCUT2D eigenvalue weighted by atomic mass is 19.1. The Kier molecular flexibility index (Phi) is 6.34. The first-order valence-electron chi connectivity index (χ1n) is 11.5. The monoisotopic (exact) mass is 518 g/mol. The van der Waals surface area contributed by atoms with E-state index in [9.17, 15) is 39.6 Å². The number of hydrogen-bond donors (Lipinski definition) is 7. The molecule has 0 aliphatic heterocycles. The second-order valence-electron chi connectivity index (χ2n) is 9.57. The molecule has 1 aromatic rings. The van der Waals surface area contributed by atoms with Gasteiger partial charge in [-0.3, -0.25) is 24.1 Å². The fraction of sp³-hybridized carbons (Fsp3) is 0.417. The van der Waals surface area contributed by atoms with Gasteiger partial charge < -0.3 is 37.2 Å². The lowest BCUT2D eigenvalue weighted by atomic mass is 9.58. The number of ketones is 2. The van der Waals surface area contributed by atoms with E-state index < -0.39 is 86.7 Å². The van der Waals surface area contributed by atoms with Crippen molar-refractivity contribution in [3.63, 3.8) is 0 Å². The summed E-state index contributed by atoms with van der Waals surface area (Å²) in [5.74, 6) is -10.4. The van der Waals surface area contributed by atoms with E-state index in [0.717, 1.165) is 6.07 Å². The number of nitrogens with zero attached hydrogens (tertiary/aromatic N) is 1. The van der Waals surface area contributed by atoms with E-state index in [-0.39, 0.29) is 30.6 Å². The molecule has 2 amide bonds. The second kappa shape index (κ2) is 8.94. The molecule has 12 nitrogen and oxygen atoms in total. The fourth-order valence-corrected chi connectivity index (χ4v) is 5.38. The highest BCUT2D eigenvalue weighted by Crippen LogP contribution is 2.52. The summed E-state index contributed by atoms with van der Waals surface area (Å²) >= 11 is 0. The van der Waals surface area contributed by atoms with E-state index >= 15 is 4.39 Å². The molecule has 4 rings (SSSR count). The fourth-order valence-electron chi connectivity index (χ4n) is 5.38. The summed E-state index contributed by atoms with van der Waals surface area (Å²) in [5.41, 5.74) is 5.80. The van der Waals surface area contributed by atoms with E-state index in [1.807, 2.05) is 6.92 Å². The number of Topliss-reactive ketones (excluding diaryl/α,β-unsaturated/α-hetero) is 2. The first-order valence-corrected chi connectivity index (χ1v) is 11.5. The molecule has 0 unspecified atom stereocenters. The Hall–Kier alpha value is -3.81. The van der Waals surface area contributed by atoms with Crippen LogP contribution in [0.3, 0.4) is 0 Å². The number of phenolic OH excluding ortho intramolecular Hbond substituents is 1. The van der Waals surface area contributed by atoms with Crippen molar-refractivity contribution in [2.45, 2.75) is 31.4 Å². The first kappa shape index (κ1) is 26.3. The molecule has 37 heavy (non-hydrogen) atoms. The number of nitrogens with two attached hydrogens (primary N) is 2. The van der Waals surface area contributed by atoms with Crippen molar-refractivity contribution in [3.8, 4) is 5.75 Å².